The molecule has 0 bridgehead atoms. The number of hydrogen-bond acceptors (Lipinski definition) is 4. The van der Waals surface area contributed by atoms with E-state index in [2.05, 4.69) is 0 Å². The normalized spacial score (nSPS) is 18.6. The number of nitrogen functional groups attached to an aromatic ring is 1. The second-order valence-electron chi connectivity index (χ2n) is 4.18. The Bertz CT molecular complexity index is 572. The molecule has 7 heteroatoms. The zero-order chi connectivity index (χ0) is 13.3. The van der Waals surface area contributed by atoms with Gasteiger partial charge in [-0.25, -0.2) is 8.42 Å². The van der Waals surface area contributed by atoms with Crippen LogP contribution in [0, 0.1) is 0 Å². The Kier molecular flexibility index (Phi) is 3.49. The van der Waals surface area contributed by atoms with E-state index in [9.17, 15) is 13.2 Å². The molecule has 18 heavy (non-hydrogen) atoms. The SMILES string of the molecule is Nc1cc(C(=O)N2CCS(=O)(=O)CC2)ccc1Cl. The summed E-state index contributed by atoms with van der Waals surface area (Å²) in [5.74, 6) is -0.183. The van der Waals surface area contributed by atoms with E-state index in [1.54, 1.807) is 12.1 Å². The van der Waals surface area contributed by atoms with Gasteiger partial charge in [-0.15, -0.1) is 0 Å². The molecule has 1 aliphatic heterocycles. The number of hydrogen-bond donors (Lipinski definition) is 1. The number of halogens is 1. The Morgan fingerprint density at radius 3 is 2.44 bits per heavy atom. The van der Waals surface area contributed by atoms with Crippen molar-refractivity contribution < 1.29 is 13.2 Å². The van der Waals surface area contributed by atoms with Gasteiger partial charge in [0.15, 0.2) is 9.84 Å². The Labute approximate surface area is 110 Å². The molecular weight excluding hydrogens is 276 g/mol. The van der Waals surface area contributed by atoms with Gasteiger partial charge in [-0.1, -0.05) is 11.6 Å². The number of anilines is 1. The second kappa shape index (κ2) is 4.78. The molecular formula is C11H13ClN2O3S. The summed E-state index contributed by atoms with van der Waals surface area (Å²) in [5.41, 5.74) is 6.40. The van der Waals surface area contributed by atoms with Gasteiger partial charge in [0.2, 0.25) is 0 Å². The Hall–Kier alpha value is -1.27. The molecule has 0 unspecified atom stereocenters. The number of amides is 1. The molecule has 1 saturated heterocycles. The molecule has 0 radical (unpaired) electrons. The highest BCUT2D eigenvalue weighted by Gasteiger charge is 2.25. The lowest BCUT2D eigenvalue weighted by molar-refractivity contribution is 0.0770. The van der Waals surface area contributed by atoms with Crippen LogP contribution in [0.3, 0.4) is 0 Å². The van der Waals surface area contributed by atoms with Crippen LogP contribution in [0.2, 0.25) is 5.02 Å². The summed E-state index contributed by atoms with van der Waals surface area (Å²) in [6, 6.07) is 4.66. The van der Waals surface area contributed by atoms with Crippen molar-refractivity contribution in [3.8, 4) is 0 Å². The predicted molar refractivity (Wildman–Crippen MR) is 70.4 cm³/mol. The molecule has 5 nitrogen and oxygen atoms in total. The van der Waals surface area contributed by atoms with Gasteiger partial charge >= 0.3 is 0 Å². The molecule has 1 heterocycles. The van der Waals surface area contributed by atoms with E-state index in [0.717, 1.165) is 0 Å². The highest BCUT2D eigenvalue weighted by atomic mass is 35.5. The largest absolute Gasteiger partial charge is 0.398 e. The molecule has 1 aliphatic rings. The molecule has 0 atom stereocenters. The first-order chi connectivity index (χ1) is 8.39. The summed E-state index contributed by atoms with van der Waals surface area (Å²) in [4.78, 5) is 13.6. The standard InChI is InChI=1S/C11H13ClN2O3S/c12-9-2-1-8(7-10(9)13)11(15)14-3-5-18(16,17)6-4-14/h1-2,7H,3-6,13H2. The van der Waals surface area contributed by atoms with Crippen molar-refractivity contribution in [2.45, 2.75) is 0 Å². The maximum atomic E-state index is 12.1. The lowest BCUT2D eigenvalue weighted by Crippen LogP contribution is -2.43. The quantitative estimate of drug-likeness (QED) is 0.775. The van der Waals surface area contributed by atoms with Crippen LogP contribution in [0.25, 0.3) is 0 Å². The van der Waals surface area contributed by atoms with Crippen molar-refractivity contribution in [2.75, 3.05) is 30.3 Å². The fourth-order valence-electron chi connectivity index (χ4n) is 1.77. The highest BCUT2D eigenvalue weighted by molar-refractivity contribution is 7.91. The molecule has 1 fully saturated rings. The minimum atomic E-state index is -2.99. The van der Waals surface area contributed by atoms with Gasteiger partial charge in [-0.05, 0) is 18.2 Å². The van der Waals surface area contributed by atoms with Gasteiger partial charge in [0.1, 0.15) is 0 Å². The summed E-state index contributed by atoms with van der Waals surface area (Å²) >= 11 is 5.78. The van der Waals surface area contributed by atoms with Crippen molar-refractivity contribution >= 4 is 33.0 Å². The molecule has 0 aromatic heterocycles. The van der Waals surface area contributed by atoms with Gasteiger partial charge < -0.3 is 10.6 Å². The third-order valence-electron chi connectivity index (χ3n) is 2.87. The number of benzene rings is 1. The van der Waals surface area contributed by atoms with Crippen LogP contribution in [0.5, 0.6) is 0 Å². The van der Waals surface area contributed by atoms with Gasteiger partial charge in [-0.3, -0.25) is 4.79 Å². The molecule has 2 N–H and O–H groups in total. The third-order valence-corrected chi connectivity index (χ3v) is 4.83. The third kappa shape index (κ3) is 2.76. The first kappa shape index (κ1) is 13.2. The van der Waals surface area contributed by atoms with E-state index in [0.29, 0.717) is 16.3 Å². The Morgan fingerprint density at radius 2 is 1.89 bits per heavy atom. The number of carbonyl (C=O) groups is 1. The summed E-state index contributed by atoms with van der Waals surface area (Å²) < 4.78 is 22.6. The van der Waals surface area contributed by atoms with Crippen molar-refractivity contribution in [3.63, 3.8) is 0 Å². The average Bonchev–Trinajstić information content (AvgIpc) is 2.32. The molecule has 0 saturated carbocycles. The first-order valence-corrected chi connectivity index (χ1v) is 7.64. The van der Waals surface area contributed by atoms with Crippen LogP contribution in [0.1, 0.15) is 10.4 Å². The maximum absolute atomic E-state index is 12.1. The first-order valence-electron chi connectivity index (χ1n) is 5.44. The molecule has 0 aliphatic carbocycles. The van der Waals surface area contributed by atoms with Crippen LogP contribution < -0.4 is 5.73 Å². The highest BCUT2D eigenvalue weighted by Crippen LogP contribution is 2.20. The van der Waals surface area contributed by atoms with E-state index in [4.69, 9.17) is 17.3 Å². The monoisotopic (exact) mass is 288 g/mol. The van der Waals surface area contributed by atoms with Crippen LogP contribution in [-0.4, -0.2) is 43.8 Å². The van der Waals surface area contributed by atoms with Crippen LogP contribution >= 0.6 is 11.6 Å². The summed E-state index contributed by atoms with van der Waals surface area (Å²) in [6.07, 6.45) is 0. The van der Waals surface area contributed by atoms with Crippen molar-refractivity contribution in [1.82, 2.24) is 4.90 Å². The fraction of sp³-hybridized carbons (Fsp3) is 0.364. The minimum absolute atomic E-state index is 0.0157. The second-order valence-corrected chi connectivity index (χ2v) is 6.89. The van der Waals surface area contributed by atoms with E-state index >= 15 is 0 Å². The zero-order valence-corrected chi connectivity index (χ0v) is 11.2. The summed E-state index contributed by atoms with van der Waals surface area (Å²) in [5, 5.41) is 0.396. The van der Waals surface area contributed by atoms with Crippen molar-refractivity contribution in [2.24, 2.45) is 0 Å². The van der Waals surface area contributed by atoms with Crippen molar-refractivity contribution in [1.29, 1.82) is 0 Å². The topological polar surface area (TPSA) is 80.5 Å². The van der Waals surface area contributed by atoms with E-state index in [1.165, 1.54) is 11.0 Å². The van der Waals surface area contributed by atoms with E-state index in [-0.39, 0.29) is 30.5 Å². The van der Waals surface area contributed by atoms with Crippen LogP contribution in [-0.2, 0) is 9.84 Å². The Morgan fingerprint density at radius 1 is 1.28 bits per heavy atom. The zero-order valence-electron chi connectivity index (χ0n) is 9.60. The molecule has 0 spiro atoms. The number of nitrogens with two attached hydrogens (primary N) is 1. The van der Waals surface area contributed by atoms with Crippen LogP contribution in [0.4, 0.5) is 5.69 Å². The fourth-order valence-corrected chi connectivity index (χ4v) is 3.09. The number of sulfone groups is 1. The van der Waals surface area contributed by atoms with Crippen LogP contribution in [0.15, 0.2) is 18.2 Å². The molecule has 98 valence electrons. The van der Waals surface area contributed by atoms with Gasteiger partial charge in [-0.2, -0.15) is 0 Å². The summed E-state index contributed by atoms with van der Waals surface area (Å²) in [7, 11) is -2.99. The van der Waals surface area contributed by atoms with Gasteiger partial charge in [0.05, 0.1) is 22.2 Å². The number of rotatable bonds is 1. The van der Waals surface area contributed by atoms with Gasteiger partial charge in [0, 0.05) is 18.7 Å². The molecule has 2 rings (SSSR count). The lowest BCUT2D eigenvalue weighted by atomic mass is 10.1. The van der Waals surface area contributed by atoms with Gasteiger partial charge in [0.25, 0.3) is 5.91 Å². The lowest BCUT2D eigenvalue weighted by Gasteiger charge is -2.26. The maximum Gasteiger partial charge on any atom is 0.253 e. The smallest absolute Gasteiger partial charge is 0.253 e. The Balaban J connectivity index is 2.15. The number of nitrogens with zero attached hydrogens (tertiary/aromatic N) is 1. The minimum Gasteiger partial charge on any atom is -0.398 e. The predicted octanol–water partition coefficient (Wildman–Crippen LogP) is 0.793. The molecule has 1 aromatic rings. The van der Waals surface area contributed by atoms with E-state index < -0.39 is 9.84 Å². The molecule has 1 aromatic carbocycles. The van der Waals surface area contributed by atoms with Crippen molar-refractivity contribution in [3.05, 3.63) is 28.8 Å². The average molecular weight is 289 g/mol. The molecule has 1 amide bonds. The summed E-state index contributed by atoms with van der Waals surface area (Å²) in [6.45, 7) is 0.452. The van der Waals surface area contributed by atoms with E-state index in [1.807, 2.05) is 0 Å². The number of carbonyl (C=O) groups excluding carboxylic acids is 1.